The number of hydrogen-bond donors (Lipinski definition) is 0. The van der Waals surface area contributed by atoms with Gasteiger partial charge in [-0.05, 0) is 25.9 Å². The van der Waals surface area contributed by atoms with Gasteiger partial charge in [0.05, 0.1) is 0 Å². The Kier molecular flexibility index (Phi) is 6.79. The van der Waals surface area contributed by atoms with E-state index in [1.54, 1.807) is 0 Å². The second kappa shape index (κ2) is 6.51. The van der Waals surface area contributed by atoms with E-state index >= 15 is 0 Å². The summed E-state index contributed by atoms with van der Waals surface area (Å²) in [6.45, 7) is 10.4. The van der Waals surface area contributed by atoms with Crippen LogP contribution in [0.2, 0.25) is 0 Å². The highest BCUT2D eigenvalue weighted by Gasteiger charge is 1.94. The minimum Gasteiger partial charge on any atom is -0.304 e. The molecule has 0 spiro atoms. The lowest BCUT2D eigenvalue weighted by Gasteiger charge is -2.16. The lowest BCUT2D eigenvalue weighted by molar-refractivity contribution is 0.323. The molecule has 56 valence electrons. The molecule has 0 aromatic carbocycles. The quantitative estimate of drug-likeness (QED) is 0.534. The molecule has 0 N–H and O–H groups in total. The first-order valence-corrected chi connectivity index (χ1v) is 5.42. The van der Waals surface area contributed by atoms with Crippen molar-refractivity contribution in [3.8, 4) is 0 Å². The van der Waals surface area contributed by atoms with Crippen molar-refractivity contribution in [3.63, 3.8) is 0 Å². The molecule has 0 aromatic rings. The summed E-state index contributed by atoms with van der Waals surface area (Å²) >= 11 is 0. The molecule has 0 saturated heterocycles. The van der Waals surface area contributed by atoms with Crippen LogP contribution in [0, 0.1) is 0 Å². The monoisotopic (exact) mass is 147 g/mol. The first-order chi connectivity index (χ1) is 4.35. The van der Waals surface area contributed by atoms with Crippen LogP contribution in [0.4, 0.5) is 0 Å². The Bertz CT molecular complexity index is 52.9. The summed E-state index contributed by atoms with van der Waals surface area (Å²) < 4.78 is 0. The summed E-state index contributed by atoms with van der Waals surface area (Å²) in [6, 6.07) is 0. The van der Waals surface area contributed by atoms with Crippen LogP contribution >= 0.6 is 8.58 Å². The Labute approximate surface area is 60.6 Å². The molecule has 0 saturated carbocycles. The van der Waals surface area contributed by atoms with Gasteiger partial charge in [-0.2, -0.15) is 0 Å². The van der Waals surface area contributed by atoms with Gasteiger partial charge in [0, 0.05) is 6.54 Å². The Morgan fingerprint density at radius 1 is 1.22 bits per heavy atom. The second-order valence-corrected chi connectivity index (χ2v) is 3.34. The van der Waals surface area contributed by atoms with Crippen LogP contribution in [0.1, 0.15) is 13.8 Å². The minimum absolute atomic E-state index is 1.11. The average Bonchev–Trinajstić information content (AvgIpc) is 1.91. The van der Waals surface area contributed by atoms with Gasteiger partial charge >= 0.3 is 0 Å². The third kappa shape index (κ3) is 4.87. The van der Waals surface area contributed by atoms with Crippen LogP contribution in [-0.4, -0.2) is 37.4 Å². The highest BCUT2D eigenvalue weighted by molar-refractivity contribution is 7.37. The SMILES string of the molecule is CCN(CC)CCPC. The van der Waals surface area contributed by atoms with E-state index < -0.39 is 0 Å². The lowest BCUT2D eigenvalue weighted by Crippen LogP contribution is -2.24. The van der Waals surface area contributed by atoms with E-state index in [2.05, 4.69) is 25.4 Å². The molecule has 0 amide bonds. The van der Waals surface area contributed by atoms with Crippen molar-refractivity contribution in [3.05, 3.63) is 0 Å². The molecule has 1 unspecified atom stereocenters. The zero-order valence-corrected chi connectivity index (χ0v) is 7.78. The van der Waals surface area contributed by atoms with Gasteiger partial charge in [-0.15, -0.1) is 8.58 Å². The topological polar surface area (TPSA) is 3.24 Å². The maximum absolute atomic E-state index is 2.47. The number of hydrogen-bond acceptors (Lipinski definition) is 1. The first kappa shape index (κ1) is 9.39. The molecule has 2 heteroatoms. The van der Waals surface area contributed by atoms with Crippen LogP contribution in [0.25, 0.3) is 0 Å². The standard InChI is InChI=1S/C7H18NP/c1-4-8(5-2)6-7-9-3/h9H,4-7H2,1-3H3. The Hall–Kier alpha value is 0.390. The van der Waals surface area contributed by atoms with Crippen molar-refractivity contribution < 1.29 is 0 Å². The molecule has 0 rings (SSSR count). The van der Waals surface area contributed by atoms with Gasteiger partial charge in [0.25, 0.3) is 0 Å². The lowest BCUT2D eigenvalue weighted by atomic mass is 10.5. The normalized spacial score (nSPS) is 12.0. The van der Waals surface area contributed by atoms with Crippen LogP contribution in [0.3, 0.4) is 0 Å². The van der Waals surface area contributed by atoms with Gasteiger partial charge in [-0.1, -0.05) is 13.8 Å². The maximum atomic E-state index is 2.47. The van der Waals surface area contributed by atoms with Gasteiger partial charge in [-0.25, -0.2) is 0 Å². The highest BCUT2D eigenvalue weighted by Crippen LogP contribution is 2.01. The fourth-order valence-electron chi connectivity index (χ4n) is 0.810. The molecule has 0 aliphatic heterocycles. The van der Waals surface area contributed by atoms with E-state index in [9.17, 15) is 0 Å². The Morgan fingerprint density at radius 3 is 2.11 bits per heavy atom. The van der Waals surface area contributed by atoms with Crippen LogP contribution in [-0.2, 0) is 0 Å². The van der Waals surface area contributed by atoms with Crippen molar-refractivity contribution in [2.24, 2.45) is 0 Å². The first-order valence-electron chi connectivity index (χ1n) is 3.72. The molecule has 1 atom stereocenters. The second-order valence-electron chi connectivity index (χ2n) is 2.13. The summed E-state index contributed by atoms with van der Waals surface area (Å²) in [6.07, 6.45) is 1.38. The van der Waals surface area contributed by atoms with Gasteiger partial charge < -0.3 is 4.90 Å². The van der Waals surface area contributed by atoms with Gasteiger partial charge in [-0.3, -0.25) is 0 Å². The highest BCUT2D eigenvalue weighted by atomic mass is 31.1. The largest absolute Gasteiger partial charge is 0.304 e. The molecular weight excluding hydrogens is 129 g/mol. The van der Waals surface area contributed by atoms with Crippen LogP contribution in [0.5, 0.6) is 0 Å². The van der Waals surface area contributed by atoms with Crippen molar-refractivity contribution in [1.29, 1.82) is 0 Å². The predicted molar refractivity (Wildman–Crippen MR) is 46.9 cm³/mol. The van der Waals surface area contributed by atoms with Gasteiger partial charge in [0.1, 0.15) is 0 Å². The third-order valence-electron chi connectivity index (χ3n) is 1.57. The molecule has 0 heterocycles. The number of nitrogens with zero attached hydrogens (tertiary/aromatic N) is 1. The summed E-state index contributed by atoms with van der Waals surface area (Å²) in [7, 11) is 1.11. The zero-order chi connectivity index (χ0) is 7.11. The molecule has 0 aromatic heterocycles. The minimum atomic E-state index is 1.11. The molecule has 9 heavy (non-hydrogen) atoms. The van der Waals surface area contributed by atoms with Crippen molar-refractivity contribution in [2.75, 3.05) is 32.5 Å². The molecule has 1 nitrogen and oxygen atoms in total. The fraction of sp³-hybridized carbons (Fsp3) is 1.00. The van der Waals surface area contributed by atoms with Crippen LogP contribution in [0.15, 0.2) is 0 Å². The molecule has 0 radical (unpaired) electrons. The van der Waals surface area contributed by atoms with Crippen molar-refractivity contribution in [1.82, 2.24) is 4.90 Å². The van der Waals surface area contributed by atoms with Crippen molar-refractivity contribution >= 4 is 8.58 Å². The van der Waals surface area contributed by atoms with E-state index in [0.29, 0.717) is 0 Å². The Morgan fingerprint density at radius 2 is 1.78 bits per heavy atom. The summed E-state index contributed by atoms with van der Waals surface area (Å²) in [5.74, 6) is 0. The molecule has 0 aliphatic carbocycles. The number of rotatable bonds is 5. The van der Waals surface area contributed by atoms with Gasteiger partial charge in [0.2, 0.25) is 0 Å². The van der Waals surface area contributed by atoms with E-state index in [4.69, 9.17) is 0 Å². The summed E-state index contributed by atoms with van der Waals surface area (Å²) in [5.41, 5.74) is 0. The van der Waals surface area contributed by atoms with E-state index in [-0.39, 0.29) is 0 Å². The summed E-state index contributed by atoms with van der Waals surface area (Å²) in [4.78, 5) is 2.47. The smallest absolute Gasteiger partial charge is 0.00180 e. The average molecular weight is 147 g/mol. The predicted octanol–water partition coefficient (Wildman–Crippen LogP) is 1.64. The molecule has 0 aliphatic rings. The maximum Gasteiger partial charge on any atom is 0.00180 e. The third-order valence-corrected chi connectivity index (χ3v) is 2.30. The summed E-state index contributed by atoms with van der Waals surface area (Å²) in [5, 5.41) is 0. The Balaban J connectivity index is 3.09. The molecular formula is C7H18NP. The van der Waals surface area contributed by atoms with E-state index in [0.717, 1.165) is 8.58 Å². The zero-order valence-electron chi connectivity index (χ0n) is 6.78. The van der Waals surface area contributed by atoms with E-state index in [1.807, 2.05) is 0 Å². The fourth-order valence-corrected chi connectivity index (χ4v) is 1.35. The van der Waals surface area contributed by atoms with Crippen molar-refractivity contribution in [2.45, 2.75) is 13.8 Å². The molecule has 0 bridgehead atoms. The molecule has 0 fully saturated rings. The van der Waals surface area contributed by atoms with Gasteiger partial charge in [0.15, 0.2) is 0 Å². The van der Waals surface area contributed by atoms with Crippen LogP contribution < -0.4 is 0 Å². The van der Waals surface area contributed by atoms with E-state index in [1.165, 1.54) is 25.8 Å².